The maximum atomic E-state index is 13.2. The molecule has 3 unspecified atom stereocenters. The highest BCUT2D eigenvalue weighted by molar-refractivity contribution is 5.83. The van der Waals surface area contributed by atoms with E-state index in [0.29, 0.717) is 26.1 Å². The van der Waals surface area contributed by atoms with E-state index in [2.05, 4.69) is 0 Å². The number of aryl methyl sites for hydroxylation is 1. The molecule has 2 aliphatic heterocycles. The molecule has 0 aliphatic carbocycles. The molecule has 1 amide bonds. The van der Waals surface area contributed by atoms with Crippen LogP contribution in [0.4, 0.5) is 0 Å². The van der Waals surface area contributed by atoms with E-state index in [0.717, 1.165) is 18.4 Å². The number of carbonyl (C=O) groups is 2. The van der Waals surface area contributed by atoms with Crippen molar-refractivity contribution >= 4 is 11.9 Å². The quantitative estimate of drug-likeness (QED) is 0.894. The van der Waals surface area contributed by atoms with Crippen molar-refractivity contribution in [1.82, 2.24) is 4.90 Å². The van der Waals surface area contributed by atoms with Crippen molar-refractivity contribution in [3.05, 3.63) is 35.4 Å². The average Bonchev–Trinajstić information content (AvgIpc) is 3.09. The van der Waals surface area contributed by atoms with Crippen molar-refractivity contribution in [2.45, 2.75) is 46.1 Å². The van der Waals surface area contributed by atoms with Gasteiger partial charge in [-0.3, -0.25) is 9.59 Å². The standard InChI is InChI=1S/C21H29NO4/c1-14(2)21(20(24)25)10-11-22(13-21)19(23)17-5-4-12-26-18(17)16-8-6-15(3)7-9-16/h6-9,14,17-18H,4-5,10-13H2,1-3H3,(H,24,25). The summed E-state index contributed by atoms with van der Waals surface area (Å²) in [4.78, 5) is 26.9. The zero-order valence-electron chi connectivity index (χ0n) is 15.9. The van der Waals surface area contributed by atoms with E-state index in [4.69, 9.17) is 4.74 Å². The van der Waals surface area contributed by atoms with Crippen LogP contribution in [0.25, 0.3) is 0 Å². The Morgan fingerprint density at radius 1 is 1.27 bits per heavy atom. The summed E-state index contributed by atoms with van der Waals surface area (Å²) in [5, 5.41) is 9.74. The number of amides is 1. The zero-order valence-corrected chi connectivity index (χ0v) is 15.9. The maximum absolute atomic E-state index is 13.2. The lowest BCUT2D eigenvalue weighted by Gasteiger charge is -2.35. The summed E-state index contributed by atoms with van der Waals surface area (Å²) >= 11 is 0. The number of nitrogens with zero attached hydrogens (tertiary/aromatic N) is 1. The van der Waals surface area contributed by atoms with E-state index in [-0.39, 0.29) is 23.8 Å². The molecule has 1 N–H and O–H groups in total. The summed E-state index contributed by atoms with van der Waals surface area (Å²) in [6.07, 6.45) is 1.93. The predicted molar refractivity (Wildman–Crippen MR) is 98.7 cm³/mol. The van der Waals surface area contributed by atoms with Crippen LogP contribution in [0.3, 0.4) is 0 Å². The molecular formula is C21H29NO4. The minimum atomic E-state index is -0.829. The first kappa shape index (κ1) is 18.9. The van der Waals surface area contributed by atoms with E-state index in [1.165, 1.54) is 5.56 Å². The first-order valence-corrected chi connectivity index (χ1v) is 9.55. The SMILES string of the molecule is Cc1ccc(C2OCCCC2C(=O)N2CCC(C(=O)O)(C(C)C)C2)cc1. The first-order valence-electron chi connectivity index (χ1n) is 9.55. The van der Waals surface area contributed by atoms with Gasteiger partial charge in [-0.05, 0) is 37.7 Å². The zero-order chi connectivity index (χ0) is 18.9. The minimum absolute atomic E-state index is 0.00620. The maximum Gasteiger partial charge on any atom is 0.311 e. The number of hydrogen-bond acceptors (Lipinski definition) is 3. The molecule has 5 nitrogen and oxygen atoms in total. The molecule has 5 heteroatoms. The highest BCUT2D eigenvalue weighted by Gasteiger charge is 2.50. The van der Waals surface area contributed by atoms with Gasteiger partial charge in [0.05, 0.1) is 17.4 Å². The fraction of sp³-hybridized carbons (Fsp3) is 0.619. The lowest BCUT2D eigenvalue weighted by Crippen LogP contribution is -2.44. The Bertz CT molecular complexity index is 669. The Morgan fingerprint density at radius 2 is 1.96 bits per heavy atom. The van der Waals surface area contributed by atoms with Crippen molar-refractivity contribution in [3.8, 4) is 0 Å². The molecule has 2 heterocycles. The third-order valence-electron chi connectivity index (χ3n) is 6.19. The van der Waals surface area contributed by atoms with Gasteiger partial charge in [0.15, 0.2) is 0 Å². The predicted octanol–water partition coefficient (Wildman–Crippen LogP) is 3.42. The molecule has 3 rings (SSSR count). The molecule has 2 aliphatic rings. The Hall–Kier alpha value is -1.88. The normalized spacial score (nSPS) is 29.2. The number of carbonyl (C=O) groups excluding carboxylic acids is 1. The number of carboxylic acid groups (broad SMARTS) is 1. The summed E-state index contributed by atoms with van der Waals surface area (Å²) in [7, 11) is 0. The van der Waals surface area contributed by atoms with Crippen LogP contribution in [0, 0.1) is 24.2 Å². The van der Waals surface area contributed by atoms with Crippen LogP contribution in [0.1, 0.15) is 50.3 Å². The topological polar surface area (TPSA) is 66.8 Å². The summed E-state index contributed by atoms with van der Waals surface area (Å²) < 4.78 is 5.98. The van der Waals surface area contributed by atoms with Gasteiger partial charge < -0.3 is 14.7 Å². The number of likely N-dealkylation sites (tertiary alicyclic amines) is 1. The van der Waals surface area contributed by atoms with Crippen molar-refractivity contribution in [3.63, 3.8) is 0 Å². The van der Waals surface area contributed by atoms with Crippen LogP contribution in [-0.4, -0.2) is 41.6 Å². The Labute approximate surface area is 155 Å². The van der Waals surface area contributed by atoms with E-state index < -0.39 is 11.4 Å². The van der Waals surface area contributed by atoms with Crippen molar-refractivity contribution in [2.24, 2.45) is 17.3 Å². The smallest absolute Gasteiger partial charge is 0.311 e. The van der Waals surface area contributed by atoms with Gasteiger partial charge in [-0.15, -0.1) is 0 Å². The van der Waals surface area contributed by atoms with Gasteiger partial charge in [0.25, 0.3) is 0 Å². The van der Waals surface area contributed by atoms with Gasteiger partial charge in [-0.1, -0.05) is 43.7 Å². The lowest BCUT2D eigenvalue weighted by atomic mass is 9.76. The molecule has 0 aromatic heterocycles. The van der Waals surface area contributed by atoms with Crippen LogP contribution < -0.4 is 0 Å². The van der Waals surface area contributed by atoms with Gasteiger partial charge in [0, 0.05) is 19.7 Å². The molecule has 1 aromatic carbocycles. The number of benzene rings is 1. The minimum Gasteiger partial charge on any atom is -0.481 e. The van der Waals surface area contributed by atoms with E-state index >= 15 is 0 Å². The first-order chi connectivity index (χ1) is 12.3. The largest absolute Gasteiger partial charge is 0.481 e. The molecule has 26 heavy (non-hydrogen) atoms. The van der Waals surface area contributed by atoms with Gasteiger partial charge in [-0.2, -0.15) is 0 Å². The molecule has 3 atom stereocenters. The van der Waals surface area contributed by atoms with Gasteiger partial charge in [-0.25, -0.2) is 0 Å². The summed E-state index contributed by atoms with van der Waals surface area (Å²) in [6.45, 7) is 7.38. The molecule has 0 bridgehead atoms. The summed E-state index contributed by atoms with van der Waals surface area (Å²) in [6, 6.07) is 8.15. The van der Waals surface area contributed by atoms with Gasteiger partial charge >= 0.3 is 5.97 Å². The second-order valence-electron chi connectivity index (χ2n) is 8.08. The molecule has 0 spiro atoms. The molecule has 0 radical (unpaired) electrons. The van der Waals surface area contributed by atoms with Crippen molar-refractivity contribution in [2.75, 3.05) is 19.7 Å². The molecule has 0 saturated carbocycles. The second-order valence-corrected chi connectivity index (χ2v) is 8.08. The fourth-order valence-electron chi connectivity index (χ4n) is 4.27. The van der Waals surface area contributed by atoms with Crippen LogP contribution in [0.2, 0.25) is 0 Å². The Balaban J connectivity index is 1.79. The molecule has 2 fully saturated rings. The Morgan fingerprint density at radius 3 is 2.54 bits per heavy atom. The number of aliphatic carboxylic acids is 1. The Kier molecular flexibility index (Phi) is 5.37. The van der Waals surface area contributed by atoms with Gasteiger partial charge in [0.2, 0.25) is 5.91 Å². The lowest BCUT2D eigenvalue weighted by molar-refractivity contribution is -0.152. The van der Waals surface area contributed by atoms with E-state index in [1.807, 2.05) is 45.0 Å². The third-order valence-corrected chi connectivity index (χ3v) is 6.19. The monoisotopic (exact) mass is 359 g/mol. The molecule has 142 valence electrons. The third kappa shape index (κ3) is 3.37. The summed E-state index contributed by atoms with van der Waals surface area (Å²) in [5.41, 5.74) is 1.38. The van der Waals surface area contributed by atoms with Crippen LogP contribution in [0.5, 0.6) is 0 Å². The van der Waals surface area contributed by atoms with E-state index in [9.17, 15) is 14.7 Å². The van der Waals surface area contributed by atoms with E-state index in [1.54, 1.807) is 4.90 Å². The van der Waals surface area contributed by atoms with Crippen molar-refractivity contribution in [1.29, 1.82) is 0 Å². The summed E-state index contributed by atoms with van der Waals surface area (Å²) in [5.74, 6) is -0.992. The fourth-order valence-corrected chi connectivity index (χ4v) is 4.27. The number of carboxylic acids is 1. The number of hydrogen-bond donors (Lipinski definition) is 1. The molecule has 2 saturated heterocycles. The van der Waals surface area contributed by atoms with Crippen LogP contribution in [-0.2, 0) is 14.3 Å². The highest BCUT2D eigenvalue weighted by atomic mass is 16.5. The van der Waals surface area contributed by atoms with Crippen LogP contribution >= 0.6 is 0 Å². The highest BCUT2D eigenvalue weighted by Crippen LogP contribution is 2.41. The average molecular weight is 359 g/mol. The number of rotatable bonds is 4. The number of ether oxygens (including phenoxy) is 1. The molecule has 1 aromatic rings. The second kappa shape index (κ2) is 7.39. The van der Waals surface area contributed by atoms with Gasteiger partial charge in [0.1, 0.15) is 0 Å². The molecular weight excluding hydrogens is 330 g/mol. The van der Waals surface area contributed by atoms with Crippen LogP contribution in [0.15, 0.2) is 24.3 Å². The van der Waals surface area contributed by atoms with Crippen molar-refractivity contribution < 1.29 is 19.4 Å².